The second kappa shape index (κ2) is 12.3. The fourth-order valence-corrected chi connectivity index (χ4v) is 5.42. The van der Waals surface area contributed by atoms with Gasteiger partial charge in [-0.05, 0) is 45.6 Å². The topological polar surface area (TPSA) is 143 Å². The highest BCUT2D eigenvalue weighted by Crippen LogP contribution is 2.33. The minimum absolute atomic E-state index is 0.104. The molecule has 1 aliphatic heterocycles. The average molecular weight is 525 g/mol. The number of aromatic nitrogens is 1. The van der Waals surface area contributed by atoms with Gasteiger partial charge in [-0.2, -0.15) is 0 Å². The van der Waals surface area contributed by atoms with Crippen molar-refractivity contribution in [1.29, 1.82) is 0 Å². The van der Waals surface area contributed by atoms with E-state index in [4.69, 9.17) is 10.5 Å². The summed E-state index contributed by atoms with van der Waals surface area (Å²) in [7, 11) is 0. The van der Waals surface area contributed by atoms with Crippen LogP contribution in [0.25, 0.3) is 6.08 Å². The molecule has 1 aliphatic rings. The maximum atomic E-state index is 13.2. The molecule has 1 fully saturated rings. The van der Waals surface area contributed by atoms with Gasteiger partial charge in [-0.25, -0.2) is 4.98 Å². The highest BCUT2D eigenvalue weighted by Gasteiger charge is 2.43. The molecule has 7 atom stereocenters. The van der Waals surface area contributed by atoms with Crippen LogP contribution in [0.1, 0.15) is 84.3 Å². The summed E-state index contributed by atoms with van der Waals surface area (Å²) in [6.07, 6.45) is 0.124. The zero-order valence-electron chi connectivity index (χ0n) is 22.7. The smallest absolute Gasteiger partial charge is 0.308 e. The summed E-state index contributed by atoms with van der Waals surface area (Å²) < 4.78 is 5.75. The number of esters is 1. The number of rotatable bonds is 3. The molecular weight excluding hydrogens is 480 g/mol. The van der Waals surface area contributed by atoms with Gasteiger partial charge < -0.3 is 25.8 Å². The van der Waals surface area contributed by atoms with Crippen LogP contribution in [0.2, 0.25) is 0 Å². The van der Waals surface area contributed by atoms with Gasteiger partial charge in [0.1, 0.15) is 11.9 Å². The van der Waals surface area contributed by atoms with E-state index in [1.54, 1.807) is 27.7 Å². The molecule has 1 aromatic rings. The largest absolute Gasteiger partial charge is 0.460 e. The second-order valence-corrected chi connectivity index (χ2v) is 12.5. The molecule has 5 N–H and O–H groups in total. The number of hydrogen-bond acceptors (Lipinski definition) is 9. The molecule has 0 radical (unpaired) electrons. The molecular formula is C27H44N2O6S. The number of aryl methyl sites for hydroxylation is 1. The van der Waals surface area contributed by atoms with E-state index in [0.717, 1.165) is 16.3 Å². The Morgan fingerprint density at radius 2 is 1.92 bits per heavy atom. The highest BCUT2D eigenvalue weighted by molar-refractivity contribution is 7.09. The summed E-state index contributed by atoms with van der Waals surface area (Å²) in [4.78, 5) is 30.5. The lowest BCUT2D eigenvalue weighted by atomic mass is 9.73. The van der Waals surface area contributed by atoms with Crippen LogP contribution in [-0.4, -0.2) is 62.0 Å². The Bertz CT molecular complexity index is 940. The van der Waals surface area contributed by atoms with Crippen LogP contribution < -0.4 is 5.73 Å². The van der Waals surface area contributed by atoms with Gasteiger partial charge in [0.2, 0.25) is 0 Å². The van der Waals surface area contributed by atoms with Gasteiger partial charge in [-0.15, -0.1) is 11.3 Å². The van der Waals surface area contributed by atoms with Crippen molar-refractivity contribution in [1.82, 2.24) is 4.98 Å². The Hall–Kier alpha value is -1.65. The number of aliphatic hydroxyl groups excluding tert-OH is 2. The van der Waals surface area contributed by atoms with Gasteiger partial charge in [-0.3, -0.25) is 9.59 Å². The lowest BCUT2D eigenvalue weighted by Gasteiger charge is -2.34. The first-order valence-electron chi connectivity index (χ1n) is 12.7. The first-order valence-corrected chi connectivity index (χ1v) is 13.6. The molecule has 9 heteroatoms. The number of ketones is 1. The second-order valence-electron chi connectivity index (χ2n) is 11.4. The van der Waals surface area contributed by atoms with E-state index in [9.17, 15) is 24.9 Å². The number of ether oxygens (including phenoxy) is 1. The predicted molar refractivity (Wildman–Crippen MR) is 141 cm³/mol. The van der Waals surface area contributed by atoms with Gasteiger partial charge in [0.15, 0.2) is 0 Å². The summed E-state index contributed by atoms with van der Waals surface area (Å²) in [5, 5.41) is 35.6. The van der Waals surface area contributed by atoms with E-state index in [1.165, 1.54) is 11.3 Å². The van der Waals surface area contributed by atoms with Crippen LogP contribution in [0.4, 0.5) is 0 Å². The van der Waals surface area contributed by atoms with Gasteiger partial charge in [-0.1, -0.05) is 39.7 Å². The molecule has 1 saturated heterocycles. The van der Waals surface area contributed by atoms with Gasteiger partial charge in [0.05, 0.1) is 46.4 Å². The van der Waals surface area contributed by atoms with Gasteiger partial charge >= 0.3 is 5.97 Å². The zero-order chi connectivity index (χ0) is 27.4. The van der Waals surface area contributed by atoms with Crippen molar-refractivity contribution in [3.8, 4) is 0 Å². The van der Waals surface area contributed by atoms with Crippen molar-refractivity contribution in [3.05, 3.63) is 21.7 Å². The molecule has 2 rings (SSSR count). The van der Waals surface area contributed by atoms with E-state index >= 15 is 0 Å². The Morgan fingerprint density at radius 1 is 1.28 bits per heavy atom. The third-order valence-corrected chi connectivity index (χ3v) is 8.37. The molecule has 7 unspecified atom stereocenters. The SMILES string of the molecule is C/C(=C\c1csc(C)n1)C(N)C1CC(C)(O)CCCC(C)C(O)C(C)C(=O)C(C)(C)C(O)CC(=O)O1. The number of nitrogens with two attached hydrogens (primary N) is 1. The fourth-order valence-electron chi connectivity index (χ4n) is 4.85. The van der Waals surface area contributed by atoms with Crippen molar-refractivity contribution >= 4 is 29.2 Å². The summed E-state index contributed by atoms with van der Waals surface area (Å²) in [5.74, 6) is -1.90. The van der Waals surface area contributed by atoms with Crippen LogP contribution in [-0.2, 0) is 14.3 Å². The van der Waals surface area contributed by atoms with Crippen molar-refractivity contribution in [2.75, 3.05) is 0 Å². The number of cyclic esters (lactones) is 1. The molecule has 8 nitrogen and oxygen atoms in total. The normalized spacial score (nSPS) is 34.4. The van der Waals surface area contributed by atoms with Crippen molar-refractivity contribution in [2.45, 2.75) is 111 Å². The third kappa shape index (κ3) is 7.92. The predicted octanol–water partition coefficient (Wildman–Crippen LogP) is 3.40. The van der Waals surface area contributed by atoms with Gasteiger partial charge in [0, 0.05) is 17.7 Å². The Morgan fingerprint density at radius 3 is 2.50 bits per heavy atom. The third-order valence-electron chi connectivity index (χ3n) is 7.57. The average Bonchev–Trinajstić information content (AvgIpc) is 3.19. The monoisotopic (exact) mass is 524 g/mol. The molecule has 204 valence electrons. The quantitative estimate of drug-likeness (QED) is 0.441. The van der Waals surface area contributed by atoms with Crippen LogP contribution in [0, 0.1) is 24.2 Å². The maximum Gasteiger partial charge on any atom is 0.308 e. The Balaban J connectivity index is 2.36. The molecule has 1 aromatic heterocycles. The standard InChI is InChI=1S/C27H44N2O6S/c1-15-9-8-10-27(7,34)13-20(23(28)16(2)11-19-14-36-18(4)29-19)35-22(31)12-21(30)26(5,6)25(33)17(3)24(15)32/h11,14-15,17,20-21,23-24,30,32,34H,8-10,12-13,28H2,1-7H3/b16-11+. The molecule has 0 spiro atoms. The van der Waals surface area contributed by atoms with Crippen molar-refractivity contribution in [2.24, 2.45) is 23.0 Å². The van der Waals surface area contributed by atoms with E-state index < -0.39 is 53.7 Å². The molecule has 36 heavy (non-hydrogen) atoms. The first kappa shape index (κ1) is 30.6. The molecule has 0 aliphatic carbocycles. The van der Waals surface area contributed by atoms with Crippen molar-refractivity contribution in [3.63, 3.8) is 0 Å². The van der Waals surface area contributed by atoms with E-state index in [-0.39, 0.29) is 18.1 Å². The van der Waals surface area contributed by atoms with Crippen LogP contribution in [0.3, 0.4) is 0 Å². The number of aliphatic hydroxyl groups is 3. The fraction of sp³-hybridized carbons (Fsp3) is 0.741. The maximum absolute atomic E-state index is 13.2. The van der Waals surface area contributed by atoms with Crippen molar-refractivity contribution < 1.29 is 29.6 Å². The number of thiazole rings is 1. The number of nitrogens with zero attached hydrogens (tertiary/aromatic N) is 1. The highest BCUT2D eigenvalue weighted by atomic mass is 32.1. The van der Waals surface area contributed by atoms with Gasteiger partial charge in [0.25, 0.3) is 0 Å². The van der Waals surface area contributed by atoms with Crippen LogP contribution in [0.5, 0.6) is 0 Å². The van der Waals surface area contributed by atoms with E-state index in [0.29, 0.717) is 19.3 Å². The molecule has 0 bridgehead atoms. The minimum atomic E-state index is -1.31. The van der Waals surface area contributed by atoms with E-state index in [2.05, 4.69) is 4.98 Å². The van der Waals surface area contributed by atoms with Crippen LogP contribution >= 0.6 is 11.3 Å². The zero-order valence-corrected chi connectivity index (χ0v) is 23.5. The number of hydrogen-bond donors (Lipinski definition) is 4. The molecule has 2 heterocycles. The van der Waals surface area contributed by atoms with Crippen LogP contribution in [0.15, 0.2) is 11.0 Å². The summed E-state index contributed by atoms with van der Waals surface area (Å²) in [6, 6.07) is -0.703. The molecule has 0 saturated carbocycles. The Labute approximate surface area is 219 Å². The van der Waals surface area contributed by atoms with E-state index in [1.807, 2.05) is 32.2 Å². The number of Topliss-reactive ketones (excluding diaryl/α,β-unsaturated/α-hetero) is 1. The first-order chi connectivity index (χ1) is 16.5. The number of carbonyl (C=O) groups excluding carboxylic acids is 2. The minimum Gasteiger partial charge on any atom is -0.460 e. The lowest BCUT2D eigenvalue weighted by Crippen LogP contribution is -2.47. The molecule has 0 amide bonds. The summed E-state index contributed by atoms with van der Waals surface area (Å²) >= 11 is 1.52. The summed E-state index contributed by atoms with van der Waals surface area (Å²) in [5.41, 5.74) is 5.60. The molecule has 0 aromatic carbocycles. The number of carbonyl (C=O) groups is 2. The Kier molecular flexibility index (Phi) is 10.4. The lowest BCUT2D eigenvalue weighted by molar-refractivity contribution is -0.158. The summed E-state index contributed by atoms with van der Waals surface area (Å²) in [6.45, 7) is 12.1.